The van der Waals surface area contributed by atoms with E-state index in [1.54, 1.807) is 11.1 Å². The number of aromatic nitrogens is 1. The Labute approximate surface area is 165 Å². The first-order chi connectivity index (χ1) is 12.9. The van der Waals surface area contributed by atoms with E-state index < -0.39 is 0 Å². The maximum atomic E-state index is 12.7. The van der Waals surface area contributed by atoms with Crippen LogP contribution in [-0.2, 0) is 9.59 Å². The van der Waals surface area contributed by atoms with Crippen LogP contribution >= 0.6 is 11.8 Å². The van der Waals surface area contributed by atoms with Gasteiger partial charge in [0.05, 0.1) is 10.8 Å². The molecule has 5 nitrogen and oxygen atoms in total. The zero-order chi connectivity index (χ0) is 19.8. The number of hydrogen-bond acceptors (Lipinski definition) is 4. The smallest absolute Gasteiger partial charge is 0.244 e. The molecular formula is C21H27N3O2S. The third-order valence-corrected chi connectivity index (χ3v) is 5.55. The Hall–Kier alpha value is -2.34. The molecule has 0 fully saturated rings. The molecular weight excluding hydrogens is 358 g/mol. The van der Waals surface area contributed by atoms with Crippen LogP contribution in [0.1, 0.15) is 31.4 Å². The molecule has 0 radical (unpaired) electrons. The van der Waals surface area contributed by atoms with Crippen molar-refractivity contribution in [2.24, 2.45) is 0 Å². The number of benzene rings is 1. The van der Waals surface area contributed by atoms with Gasteiger partial charge in [0, 0.05) is 17.9 Å². The summed E-state index contributed by atoms with van der Waals surface area (Å²) < 4.78 is 0. The van der Waals surface area contributed by atoms with E-state index in [0.29, 0.717) is 0 Å². The van der Waals surface area contributed by atoms with Crippen molar-refractivity contribution >= 4 is 29.3 Å². The summed E-state index contributed by atoms with van der Waals surface area (Å²) in [5, 5.41) is 3.74. The van der Waals surface area contributed by atoms with E-state index in [2.05, 4.69) is 10.3 Å². The maximum Gasteiger partial charge on any atom is 0.244 e. The van der Waals surface area contributed by atoms with Crippen molar-refractivity contribution in [3.63, 3.8) is 0 Å². The number of anilines is 1. The molecule has 1 N–H and O–H groups in total. The summed E-state index contributed by atoms with van der Waals surface area (Å²) >= 11 is 1.39. The molecule has 6 heteroatoms. The van der Waals surface area contributed by atoms with Gasteiger partial charge in [-0.2, -0.15) is 0 Å². The number of aryl methyl sites for hydroxylation is 1. The molecule has 0 spiro atoms. The first-order valence-electron chi connectivity index (χ1n) is 9.11. The van der Waals surface area contributed by atoms with Crippen LogP contribution in [-0.4, -0.2) is 40.0 Å². The highest BCUT2D eigenvalue weighted by Crippen LogP contribution is 2.19. The number of rotatable bonds is 8. The molecule has 2 rings (SSSR count). The van der Waals surface area contributed by atoms with Gasteiger partial charge in [0.2, 0.25) is 11.8 Å². The van der Waals surface area contributed by atoms with Gasteiger partial charge in [-0.25, -0.2) is 4.98 Å². The number of thioether (sulfide) groups is 1. The molecule has 1 unspecified atom stereocenters. The molecule has 0 aliphatic carbocycles. The molecule has 144 valence electrons. The van der Waals surface area contributed by atoms with Crippen molar-refractivity contribution in [2.45, 2.75) is 45.2 Å². The number of hydrogen-bond donors (Lipinski definition) is 1. The molecule has 0 bridgehead atoms. The summed E-state index contributed by atoms with van der Waals surface area (Å²) in [5.41, 5.74) is 2.95. The van der Waals surface area contributed by atoms with Crippen molar-refractivity contribution in [1.29, 1.82) is 0 Å². The summed E-state index contributed by atoms with van der Waals surface area (Å²) in [6.45, 7) is 8.01. The van der Waals surface area contributed by atoms with Crippen molar-refractivity contribution in [3.05, 3.63) is 53.7 Å². The Morgan fingerprint density at radius 3 is 2.63 bits per heavy atom. The monoisotopic (exact) mass is 385 g/mol. The summed E-state index contributed by atoms with van der Waals surface area (Å²) in [4.78, 5) is 31.2. The molecule has 1 aromatic carbocycles. The molecule has 27 heavy (non-hydrogen) atoms. The quantitative estimate of drug-likeness (QED) is 0.696. The van der Waals surface area contributed by atoms with Crippen molar-refractivity contribution < 1.29 is 9.59 Å². The van der Waals surface area contributed by atoms with Crippen LogP contribution in [0, 0.1) is 13.8 Å². The molecule has 0 saturated carbocycles. The second-order valence-electron chi connectivity index (χ2n) is 6.53. The Balaban J connectivity index is 2.01. The lowest BCUT2D eigenvalue weighted by atomic mass is 10.1. The number of nitrogens with zero attached hydrogens (tertiary/aromatic N) is 2. The van der Waals surface area contributed by atoms with Crippen LogP contribution in [0.3, 0.4) is 0 Å². The molecule has 1 aromatic heterocycles. The summed E-state index contributed by atoms with van der Waals surface area (Å²) in [5.74, 6) is 0.0225. The largest absolute Gasteiger partial charge is 0.330 e. The highest BCUT2D eigenvalue weighted by molar-refractivity contribution is 7.99. The lowest BCUT2D eigenvalue weighted by Crippen LogP contribution is -2.44. The second-order valence-corrected chi connectivity index (χ2v) is 7.53. The number of nitrogens with one attached hydrogen (secondary N) is 1. The molecule has 1 atom stereocenters. The van der Waals surface area contributed by atoms with Gasteiger partial charge < -0.3 is 10.2 Å². The van der Waals surface area contributed by atoms with Gasteiger partial charge in [-0.1, -0.05) is 36.9 Å². The van der Waals surface area contributed by atoms with Gasteiger partial charge in [-0.05, 0) is 56.5 Å². The Bertz CT molecular complexity index is 780. The van der Waals surface area contributed by atoms with E-state index in [-0.39, 0.29) is 30.2 Å². The third-order valence-electron chi connectivity index (χ3n) is 4.62. The zero-order valence-corrected chi connectivity index (χ0v) is 17.2. The zero-order valence-electron chi connectivity index (χ0n) is 16.4. The van der Waals surface area contributed by atoms with Crippen molar-refractivity contribution in [2.75, 3.05) is 17.6 Å². The van der Waals surface area contributed by atoms with Crippen LogP contribution in [0.2, 0.25) is 0 Å². The van der Waals surface area contributed by atoms with Gasteiger partial charge >= 0.3 is 0 Å². The number of amides is 2. The highest BCUT2D eigenvalue weighted by Gasteiger charge is 2.22. The molecule has 2 amide bonds. The second kappa shape index (κ2) is 10.1. The van der Waals surface area contributed by atoms with E-state index in [9.17, 15) is 9.59 Å². The number of pyridine rings is 1. The maximum absolute atomic E-state index is 12.7. The van der Waals surface area contributed by atoms with Crippen LogP contribution in [0.25, 0.3) is 0 Å². The number of carbonyl (C=O) groups excluding carboxylic acids is 2. The van der Waals surface area contributed by atoms with E-state index in [1.807, 2.05) is 64.1 Å². The average molecular weight is 386 g/mol. The van der Waals surface area contributed by atoms with Crippen LogP contribution in [0.4, 0.5) is 5.69 Å². The minimum atomic E-state index is -0.180. The van der Waals surface area contributed by atoms with Crippen molar-refractivity contribution in [1.82, 2.24) is 9.88 Å². The molecule has 1 heterocycles. The summed E-state index contributed by atoms with van der Waals surface area (Å²) in [7, 11) is 0. The van der Waals surface area contributed by atoms with E-state index in [0.717, 1.165) is 28.3 Å². The molecule has 0 aliphatic heterocycles. The fourth-order valence-corrected chi connectivity index (χ4v) is 3.34. The molecule has 2 aromatic rings. The lowest BCUT2D eigenvalue weighted by molar-refractivity contribution is -0.134. The molecule has 0 aliphatic rings. The topological polar surface area (TPSA) is 62.3 Å². The Morgan fingerprint density at radius 1 is 1.19 bits per heavy atom. The van der Waals surface area contributed by atoms with Gasteiger partial charge in [-0.3, -0.25) is 9.59 Å². The predicted octanol–water partition coefficient (Wildman–Crippen LogP) is 4.06. The first kappa shape index (κ1) is 21.0. The SMILES string of the molecule is CCC(C)N(CC(=O)Nc1cccc(C)c1C)C(=O)CSc1ccccn1. The minimum Gasteiger partial charge on any atom is -0.330 e. The predicted molar refractivity (Wildman–Crippen MR) is 111 cm³/mol. The molecule has 0 saturated heterocycles. The normalized spacial score (nSPS) is 11.7. The third kappa shape index (κ3) is 6.10. The standard InChI is InChI=1S/C21H27N3O2S/c1-5-16(3)24(21(26)14-27-20-11-6-7-12-22-20)13-19(25)23-18-10-8-9-15(2)17(18)4/h6-12,16H,5,13-14H2,1-4H3,(H,23,25). The highest BCUT2D eigenvalue weighted by atomic mass is 32.2. The van der Waals surface area contributed by atoms with Gasteiger partial charge in [0.15, 0.2) is 0 Å². The van der Waals surface area contributed by atoms with Crippen LogP contribution < -0.4 is 5.32 Å². The first-order valence-corrected chi connectivity index (χ1v) is 10.1. The van der Waals surface area contributed by atoms with Gasteiger partial charge in [-0.15, -0.1) is 0 Å². The Kier molecular flexibility index (Phi) is 7.85. The minimum absolute atomic E-state index is 0.00816. The van der Waals surface area contributed by atoms with E-state index >= 15 is 0 Å². The van der Waals surface area contributed by atoms with Crippen LogP contribution in [0.5, 0.6) is 0 Å². The average Bonchev–Trinajstić information content (AvgIpc) is 2.68. The summed E-state index contributed by atoms with van der Waals surface area (Å²) in [6.07, 6.45) is 2.49. The Morgan fingerprint density at radius 2 is 1.96 bits per heavy atom. The van der Waals surface area contributed by atoms with E-state index in [1.165, 1.54) is 11.8 Å². The van der Waals surface area contributed by atoms with Gasteiger partial charge in [0.1, 0.15) is 6.54 Å². The van der Waals surface area contributed by atoms with Crippen LogP contribution in [0.15, 0.2) is 47.6 Å². The summed E-state index contributed by atoms with van der Waals surface area (Å²) in [6, 6.07) is 11.4. The number of carbonyl (C=O) groups is 2. The van der Waals surface area contributed by atoms with E-state index in [4.69, 9.17) is 0 Å². The lowest BCUT2D eigenvalue weighted by Gasteiger charge is -2.28. The van der Waals surface area contributed by atoms with Gasteiger partial charge in [0.25, 0.3) is 0 Å². The fraction of sp³-hybridized carbons (Fsp3) is 0.381. The fourth-order valence-electron chi connectivity index (χ4n) is 2.59. The van der Waals surface area contributed by atoms with Crippen molar-refractivity contribution in [3.8, 4) is 0 Å².